The van der Waals surface area contributed by atoms with Gasteiger partial charge in [0, 0.05) is 19.4 Å². The number of hydrogen-bond acceptors (Lipinski definition) is 10. The normalized spacial score (nSPS) is 28.8. The summed E-state index contributed by atoms with van der Waals surface area (Å²) in [4.78, 5) is 55.6. The average Bonchev–Trinajstić information content (AvgIpc) is 2.89. The van der Waals surface area contributed by atoms with Crippen LogP contribution in [-0.4, -0.2) is 57.4 Å². The minimum atomic E-state index is -5.42. The Morgan fingerprint density at radius 1 is 1.38 bits per heavy atom. The quantitative estimate of drug-likeness (QED) is 0.373. The van der Waals surface area contributed by atoms with Gasteiger partial charge in [0.1, 0.15) is 18.3 Å². The first-order valence-electron chi connectivity index (χ1n) is 9.00. The third-order valence-corrected chi connectivity index (χ3v) is 4.99. The van der Waals surface area contributed by atoms with Gasteiger partial charge in [0.05, 0.1) is 15.4 Å². The number of nitrogens with zero attached hydrogens (tertiary/aromatic N) is 1. The Morgan fingerprint density at radius 3 is 2.55 bits per heavy atom. The maximum atomic E-state index is 12.2. The van der Waals surface area contributed by atoms with Gasteiger partial charge >= 0.3 is 13.5 Å². The van der Waals surface area contributed by atoms with E-state index in [0.29, 0.717) is 0 Å². The summed E-state index contributed by atoms with van der Waals surface area (Å²) in [6.07, 6.45) is -7.05. The minimum absolute atomic E-state index is 0.749. The number of phosphoric acid groups is 2. The second-order valence-electron chi connectivity index (χ2n) is 6.04. The molecule has 29 heavy (non-hydrogen) atoms. The zero-order valence-corrected chi connectivity index (χ0v) is 17.1. The van der Waals surface area contributed by atoms with Gasteiger partial charge in [0.2, 0.25) is 0 Å². The molecule has 1 aromatic heterocycles. The van der Waals surface area contributed by atoms with Gasteiger partial charge in [-0.25, -0.2) is 9.36 Å². The molecule has 0 aliphatic carbocycles. The van der Waals surface area contributed by atoms with Crippen molar-refractivity contribution in [3.63, 3.8) is 0 Å². The van der Waals surface area contributed by atoms with E-state index in [1.54, 1.807) is 0 Å². The zero-order valence-electron chi connectivity index (χ0n) is 17.4. The van der Waals surface area contributed by atoms with Crippen LogP contribution in [0.15, 0.2) is 21.9 Å². The molecule has 2 heterocycles. The molecule has 1 saturated heterocycles. The molecular formula is C13H21N2O12P2-. The first kappa shape index (κ1) is 21.1. The van der Waals surface area contributed by atoms with Crippen LogP contribution in [-0.2, 0) is 32.2 Å². The van der Waals surface area contributed by atoms with E-state index in [9.17, 15) is 23.6 Å². The average molecular weight is 461 g/mol. The van der Waals surface area contributed by atoms with Crippen molar-refractivity contribution in [3.8, 4) is 0 Å². The summed E-state index contributed by atoms with van der Waals surface area (Å²) in [6.45, 7) is -0.564. The van der Waals surface area contributed by atoms with Crippen LogP contribution in [0, 0.1) is 0 Å². The molecule has 1 aliphatic rings. The Hall–Kier alpha value is -1.18. The van der Waals surface area contributed by atoms with Crippen LogP contribution in [0.5, 0.6) is 0 Å². The third kappa shape index (κ3) is 6.66. The van der Waals surface area contributed by atoms with Gasteiger partial charge in [-0.3, -0.25) is 23.4 Å². The highest BCUT2D eigenvalue weighted by atomic mass is 31.2. The van der Waals surface area contributed by atoms with Crippen molar-refractivity contribution >= 4 is 15.6 Å². The van der Waals surface area contributed by atoms with Gasteiger partial charge in [0.25, 0.3) is 13.4 Å². The van der Waals surface area contributed by atoms with Crippen LogP contribution < -0.4 is 16.1 Å². The van der Waals surface area contributed by atoms with Crippen molar-refractivity contribution in [1.82, 2.24) is 9.55 Å². The Balaban J connectivity index is 2.53. The summed E-state index contributed by atoms with van der Waals surface area (Å²) in [7, 11) is -9.47. The first-order chi connectivity index (χ1) is 14.1. The molecule has 3 N–H and O–H groups in total. The monoisotopic (exact) mass is 461 g/mol. The lowest BCUT2D eigenvalue weighted by molar-refractivity contribution is -0.236. The number of methoxy groups -OCH3 is 1. The number of phosphoric ester groups is 2. The lowest BCUT2D eigenvalue weighted by Crippen LogP contribution is -2.40. The number of H-pyrrole nitrogens is 1. The van der Waals surface area contributed by atoms with Crippen molar-refractivity contribution in [2.45, 2.75) is 44.5 Å². The number of rotatable bonds is 9. The standard InChI is InChI=1S/C13H22N2O12P2/c1-7(2)26-29(21,22)27-10-8(6-24-28(18,19)20)25-12(11(10)23-3)15-5-4-9(16)14-13(15)17/h4-5,7-8,10-12H,6H2,1-3H3,(H,21,22)(H,14,16,17)(H2,18,19,20)/p-1/t8-,10+,11?,12-/m1/s1/i6D2. The van der Waals surface area contributed by atoms with Gasteiger partial charge in [-0.15, -0.1) is 0 Å². The molecule has 0 aromatic carbocycles. The molecule has 166 valence electrons. The van der Waals surface area contributed by atoms with E-state index in [-0.39, 0.29) is 0 Å². The predicted molar refractivity (Wildman–Crippen MR) is 92.7 cm³/mol. The Labute approximate surface area is 167 Å². The van der Waals surface area contributed by atoms with Crippen LogP contribution in [0.1, 0.15) is 22.8 Å². The van der Waals surface area contributed by atoms with Gasteiger partial charge in [0.15, 0.2) is 6.23 Å². The molecule has 0 radical (unpaired) electrons. The van der Waals surface area contributed by atoms with Gasteiger partial charge in [-0.05, 0) is 13.8 Å². The van der Waals surface area contributed by atoms with E-state index < -0.39 is 64.1 Å². The first-order valence-corrected chi connectivity index (χ1v) is 11.0. The van der Waals surface area contributed by atoms with E-state index in [0.717, 1.165) is 23.9 Å². The lowest BCUT2D eigenvalue weighted by Gasteiger charge is -2.31. The van der Waals surface area contributed by atoms with Crippen LogP contribution in [0.25, 0.3) is 0 Å². The van der Waals surface area contributed by atoms with Crippen LogP contribution in [0.3, 0.4) is 0 Å². The molecule has 1 fully saturated rings. The third-order valence-electron chi connectivity index (χ3n) is 3.47. The smallest absolute Gasteiger partial charge is 0.469 e. The number of aromatic amines is 1. The van der Waals surface area contributed by atoms with E-state index in [1.165, 1.54) is 13.8 Å². The van der Waals surface area contributed by atoms with Crippen molar-refractivity contribution in [3.05, 3.63) is 33.1 Å². The topological polar surface area (TPSA) is 199 Å². The number of nitrogens with one attached hydrogen (secondary N) is 1. The van der Waals surface area contributed by atoms with Crippen molar-refractivity contribution in [2.75, 3.05) is 13.7 Å². The van der Waals surface area contributed by atoms with E-state index >= 15 is 0 Å². The maximum absolute atomic E-state index is 12.2. The van der Waals surface area contributed by atoms with E-state index in [4.69, 9.17) is 26.5 Å². The highest BCUT2D eigenvalue weighted by Crippen LogP contribution is 2.47. The molecule has 16 heteroatoms. The van der Waals surface area contributed by atoms with Gasteiger partial charge in [-0.1, -0.05) is 0 Å². The summed E-state index contributed by atoms with van der Waals surface area (Å²) >= 11 is 0. The number of aromatic nitrogens is 2. The molecule has 0 spiro atoms. The molecule has 1 aromatic rings. The largest absolute Gasteiger partial charge is 0.756 e. The summed E-state index contributed by atoms with van der Waals surface area (Å²) in [5.41, 5.74) is -1.77. The number of hydrogen-bond donors (Lipinski definition) is 3. The zero-order chi connectivity index (χ0) is 23.8. The molecule has 0 saturated carbocycles. The molecule has 14 nitrogen and oxygen atoms in total. The molecule has 0 amide bonds. The molecule has 2 unspecified atom stereocenters. The number of ether oxygens (including phenoxy) is 2. The van der Waals surface area contributed by atoms with Gasteiger partial charge in [-0.2, -0.15) is 0 Å². The van der Waals surface area contributed by atoms with Crippen LogP contribution in [0.2, 0.25) is 0 Å². The van der Waals surface area contributed by atoms with E-state index in [1.807, 2.05) is 4.98 Å². The summed E-state index contributed by atoms with van der Waals surface area (Å²) < 4.78 is 64.1. The summed E-state index contributed by atoms with van der Waals surface area (Å²) in [5, 5.41) is 0. The fourth-order valence-corrected chi connectivity index (χ4v) is 3.84. The maximum Gasteiger partial charge on any atom is 0.469 e. The van der Waals surface area contributed by atoms with Crippen LogP contribution >= 0.6 is 15.6 Å². The fraction of sp³-hybridized carbons (Fsp3) is 0.692. The van der Waals surface area contributed by atoms with Crippen molar-refractivity contribution in [2.24, 2.45) is 0 Å². The van der Waals surface area contributed by atoms with Crippen molar-refractivity contribution < 1.29 is 49.6 Å². The molecule has 5 atom stereocenters. The summed E-state index contributed by atoms with van der Waals surface area (Å²) in [6, 6.07) is 0.932. The van der Waals surface area contributed by atoms with Gasteiger partial charge < -0.3 is 33.2 Å². The Bertz CT molecular complexity index is 991. The molecular weight excluding hydrogens is 438 g/mol. The molecule has 0 bridgehead atoms. The Kier molecular flexibility index (Phi) is 6.76. The Morgan fingerprint density at radius 2 is 2.03 bits per heavy atom. The second kappa shape index (κ2) is 9.31. The molecule has 2 rings (SSSR count). The molecule has 1 aliphatic heterocycles. The highest BCUT2D eigenvalue weighted by molar-refractivity contribution is 7.46. The van der Waals surface area contributed by atoms with Crippen LogP contribution in [0.4, 0.5) is 0 Å². The van der Waals surface area contributed by atoms with E-state index in [2.05, 4.69) is 9.05 Å². The second-order valence-corrected chi connectivity index (χ2v) is 8.52. The highest BCUT2D eigenvalue weighted by Gasteiger charge is 2.49. The van der Waals surface area contributed by atoms with Crippen molar-refractivity contribution in [1.29, 1.82) is 0 Å². The fourth-order valence-electron chi connectivity index (χ4n) is 2.50. The minimum Gasteiger partial charge on any atom is -0.756 e. The predicted octanol–water partition coefficient (Wildman–Crippen LogP) is -1.16. The SMILES string of the molecule is [2H]C([2H])(OP(=O)(O)O)[C@H]1O[C@@H](n2ccc(=O)[nH]c2=O)C(OC)[C@H]1OP(=O)([O-])OC(C)C. The summed E-state index contributed by atoms with van der Waals surface area (Å²) in [5.74, 6) is 0. The lowest BCUT2D eigenvalue weighted by atomic mass is 10.1.